The third-order valence-corrected chi connectivity index (χ3v) is 7.50. The lowest BCUT2D eigenvalue weighted by atomic mass is 9.78. The quantitative estimate of drug-likeness (QED) is 0.789. The van der Waals surface area contributed by atoms with Gasteiger partial charge < -0.3 is 4.90 Å². The van der Waals surface area contributed by atoms with Gasteiger partial charge in [-0.05, 0) is 51.9 Å². The Morgan fingerprint density at radius 1 is 1.24 bits per heavy atom. The number of piperidine rings is 1. The maximum atomic E-state index is 12.9. The van der Waals surface area contributed by atoms with Crippen LogP contribution in [0.3, 0.4) is 0 Å². The van der Waals surface area contributed by atoms with Crippen LogP contribution in [-0.4, -0.2) is 55.0 Å². The van der Waals surface area contributed by atoms with E-state index in [4.69, 9.17) is 0 Å². The largest absolute Gasteiger partial charge is 0.342 e. The van der Waals surface area contributed by atoms with E-state index in [0.29, 0.717) is 25.4 Å². The van der Waals surface area contributed by atoms with Crippen LogP contribution >= 0.6 is 0 Å². The van der Waals surface area contributed by atoms with Gasteiger partial charge in [0.1, 0.15) is 0 Å². The molecule has 3 fully saturated rings. The topological polar surface area (TPSA) is 57.7 Å². The zero-order valence-corrected chi connectivity index (χ0v) is 13.9. The highest BCUT2D eigenvalue weighted by atomic mass is 32.2. The van der Waals surface area contributed by atoms with Crippen LogP contribution in [0, 0.1) is 11.3 Å². The van der Waals surface area contributed by atoms with Crippen molar-refractivity contribution in [3.63, 3.8) is 0 Å². The van der Waals surface area contributed by atoms with Gasteiger partial charge in [-0.2, -0.15) is 0 Å². The smallest absolute Gasteiger partial charge is 0.230 e. The first kappa shape index (κ1) is 15.3. The fraction of sp³-hybridized carbons (Fsp3) is 0.933. The molecule has 3 rings (SSSR count). The molecule has 0 aromatic heterocycles. The Morgan fingerprint density at radius 3 is 2.57 bits per heavy atom. The van der Waals surface area contributed by atoms with E-state index >= 15 is 0 Å². The van der Waals surface area contributed by atoms with Gasteiger partial charge in [-0.15, -0.1) is 0 Å². The van der Waals surface area contributed by atoms with E-state index in [1.165, 1.54) is 12.8 Å². The van der Waals surface area contributed by atoms with Gasteiger partial charge in [0.15, 0.2) is 0 Å². The number of rotatable bonds is 4. The average Bonchev–Trinajstić information content (AvgIpc) is 3.13. The van der Waals surface area contributed by atoms with Gasteiger partial charge in [-0.3, -0.25) is 4.79 Å². The molecule has 3 aliphatic rings. The molecule has 1 amide bonds. The first-order chi connectivity index (χ1) is 9.85. The second-order valence-electron chi connectivity index (χ2n) is 7.26. The Bertz CT molecular complexity index is 527. The summed E-state index contributed by atoms with van der Waals surface area (Å²) in [5.41, 5.74) is -0.435. The van der Waals surface area contributed by atoms with E-state index in [2.05, 4.69) is 0 Å². The Balaban J connectivity index is 1.74. The van der Waals surface area contributed by atoms with Crippen LogP contribution < -0.4 is 0 Å². The van der Waals surface area contributed by atoms with Gasteiger partial charge >= 0.3 is 0 Å². The minimum Gasteiger partial charge on any atom is -0.342 e. The van der Waals surface area contributed by atoms with Crippen LogP contribution in [0.5, 0.6) is 0 Å². The summed E-state index contributed by atoms with van der Waals surface area (Å²) in [6, 6.07) is 0. The molecule has 1 spiro atoms. The third kappa shape index (κ3) is 2.72. The maximum absolute atomic E-state index is 12.9. The first-order valence-corrected chi connectivity index (χ1v) is 9.64. The van der Waals surface area contributed by atoms with Crippen molar-refractivity contribution in [2.24, 2.45) is 11.3 Å². The van der Waals surface area contributed by atoms with Crippen molar-refractivity contribution in [3.05, 3.63) is 0 Å². The molecular weight excluding hydrogens is 288 g/mol. The molecule has 0 radical (unpaired) electrons. The van der Waals surface area contributed by atoms with Crippen LogP contribution in [0.1, 0.15) is 46.0 Å². The predicted octanol–water partition coefficient (Wildman–Crippen LogP) is 1.45. The molecular formula is C15H26N2O3S. The zero-order chi connectivity index (χ0) is 15.3. The fourth-order valence-corrected chi connectivity index (χ4v) is 5.04. The highest BCUT2D eigenvalue weighted by Crippen LogP contribution is 2.42. The Morgan fingerprint density at radius 2 is 1.95 bits per heavy atom. The third-order valence-electron chi connectivity index (χ3n) is 5.27. The molecule has 120 valence electrons. The van der Waals surface area contributed by atoms with E-state index in [0.717, 1.165) is 25.9 Å². The van der Waals surface area contributed by atoms with Gasteiger partial charge in [-0.1, -0.05) is 0 Å². The molecule has 1 atom stereocenters. The Labute approximate surface area is 127 Å². The summed E-state index contributed by atoms with van der Waals surface area (Å²) in [6.07, 6.45) is 5.03. The highest BCUT2D eigenvalue weighted by molar-refractivity contribution is 7.89. The van der Waals surface area contributed by atoms with Gasteiger partial charge in [0, 0.05) is 26.2 Å². The SMILES string of the molecule is CC(C)S(=O)(=O)N1CC[C@@]2(CCCN(CC3CC3)C2=O)C1. The minimum atomic E-state index is -3.24. The molecule has 0 unspecified atom stereocenters. The lowest BCUT2D eigenvalue weighted by Crippen LogP contribution is -2.51. The molecule has 0 aromatic carbocycles. The van der Waals surface area contributed by atoms with Gasteiger partial charge in [-0.25, -0.2) is 12.7 Å². The van der Waals surface area contributed by atoms with Crippen LogP contribution in [0.4, 0.5) is 0 Å². The number of nitrogens with zero attached hydrogens (tertiary/aromatic N) is 2. The number of likely N-dealkylation sites (tertiary alicyclic amines) is 1. The van der Waals surface area contributed by atoms with Crippen LogP contribution in [0.2, 0.25) is 0 Å². The summed E-state index contributed by atoms with van der Waals surface area (Å²) in [4.78, 5) is 14.9. The first-order valence-electron chi connectivity index (χ1n) is 8.13. The number of hydrogen-bond donors (Lipinski definition) is 0. The normalized spacial score (nSPS) is 31.6. The fourth-order valence-electron chi connectivity index (χ4n) is 3.67. The lowest BCUT2D eigenvalue weighted by molar-refractivity contribution is -0.145. The minimum absolute atomic E-state index is 0.210. The van der Waals surface area contributed by atoms with Crippen molar-refractivity contribution in [2.75, 3.05) is 26.2 Å². The molecule has 1 aliphatic carbocycles. The van der Waals surface area contributed by atoms with E-state index in [1.807, 2.05) is 4.90 Å². The van der Waals surface area contributed by atoms with Gasteiger partial charge in [0.25, 0.3) is 0 Å². The Kier molecular flexibility index (Phi) is 3.81. The van der Waals surface area contributed by atoms with E-state index in [1.54, 1.807) is 18.2 Å². The molecule has 0 N–H and O–H groups in total. The maximum Gasteiger partial charge on any atom is 0.230 e. The standard InChI is InChI=1S/C15H26N2O3S/c1-12(2)21(19,20)17-9-7-15(11-17)6-3-8-16(14(15)18)10-13-4-5-13/h12-13H,3-11H2,1-2H3/t15-/m0/s1. The summed E-state index contributed by atoms with van der Waals surface area (Å²) in [5, 5.41) is -0.408. The molecule has 6 heteroatoms. The Hall–Kier alpha value is -0.620. The number of carbonyl (C=O) groups excluding carboxylic acids is 1. The van der Waals surface area contributed by atoms with Gasteiger partial charge in [0.05, 0.1) is 10.7 Å². The molecule has 2 saturated heterocycles. The van der Waals surface area contributed by atoms with Crippen LogP contribution in [0.25, 0.3) is 0 Å². The monoisotopic (exact) mass is 314 g/mol. The van der Waals surface area contributed by atoms with Crippen molar-refractivity contribution in [3.8, 4) is 0 Å². The second-order valence-corrected chi connectivity index (χ2v) is 9.74. The summed E-state index contributed by atoms with van der Waals surface area (Å²) < 4.78 is 26.2. The number of carbonyl (C=O) groups is 1. The van der Waals surface area contributed by atoms with E-state index < -0.39 is 20.7 Å². The van der Waals surface area contributed by atoms with Gasteiger partial charge in [0.2, 0.25) is 15.9 Å². The summed E-state index contributed by atoms with van der Waals surface area (Å²) >= 11 is 0. The molecule has 1 saturated carbocycles. The zero-order valence-electron chi connectivity index (χ0n) is 13.0. The van der Waals surface area contributed by atoms with Crippen molar-refractivity contribution < 1.29 is 13.2 Å². The van der Waals surface area contributed by atoms with E-state index in [-0.39, 0.29) is 5.91 Å². The second kappa shape index (κ2) is 5.23. The predicted molar refractivity (Wildman–Crippen MR) is 81.2 cm³/mol. The van der Waals surface area contributed by atoms with Crippen molar-refractivity contribution in [1.29, 1.82) is 0 Å². The van der Waals surface area contributed by atoms with E-state index in [9.17, 15) is 13.2 Å². The summed E-state index contributed by atoms with van der Waals surface area (Å²) in [6.45, 7) is 6.06. The highest BCUT2D eigenvalue weighted by Gasteiger charge is 2.51. The molecule has 0 bridgehead atoms. The lowest BCUT2D eigenvalue weighted by Gasteiger charge is -2.39. The number of sulfonamides is 1. The number of hydrogen-bond acceptors (Lipinski definition) is 3. The summed E-state index contributed by atoms with van der Waals surface area (Å²) in [5.74, 6) is 0.906. The molecule has 2 aliphatic heterocycles. The summed E-state index contributed by atoms with van der Waals surface area (Å²) in [7, 11) is -3.24. The van der Waals surface area contributed by atoms with Crippen molar-refractivity contribution in [1.82, 2.24) is 9.21 Å². The molecule has 0 aromatic rings. The molecule has 5 nitrogen and oxygen atoms in total. The van der Waals surface area contributed by atoms with Crippen LogP contribution in [-0.2, 0) is 14.8 Å². The van der Waals surface area contributed by atoms with Crippen molar-refractivity contribution >= 4 is 15.9 Å². The number of amides is 1. The molecule has 2 heterocycles. The van der Waals surface area contributed by atoms with Crippen molar-refractivity contribution in [2.45, 2.75) is 51.2 Å². The molecule has 21 heavy (non-hydrogen) atoms. The van der Waals surface area contributed by atoms with Crippen LogP contribution in [0.15, 0.2) is 0 Å². The average molecular weight is 314 g/mol.